The number of nitrogen functional groups attached to an aromatic ring is 1. The average Bonchev–Trinajstić information content (AvgIpc) is 1.21. The van der Waals surface area contributed by atoms with Crippen LogP contribution >= 0.6 is 59.2 Å². The number of carbonyl (C=O) groups is 10. The molecule has 9 N–H and O–H groups in total. The summed E-state index contributed by atoms with van der Waals surface area (Å²) in [4.78, 5) is 131. The van der Waals surface area contributed by atoms with Crippen LogP contribution in [0.5, 0.6) is 0 Å². The van der Waals surface area contributed by atoms with Gasteiger partial charge in [-0.2, -0.15) is 0 Å². The number of aromatic amines is 3. The van der Waals surface area contributed by atoms with Crippen LogP contribution in [0, 0.1) is 102 Å². The third-order valence-electron chi connectivity index (χ3n) is 28.7. The largest absolute Gasteiger partial charge is 0.481 e. The molecule has 8 atom stereocenters. The predicted octanol–water partition coefficient (Wildman–Crippen LogP) is 27.3. The molecule has 8 unspecified atom stereocenters. The molecule has 3 aliphatic carbocycles. The van der Waals surface area contributed by atoms with Gasteiger partial charge in [-0.1, -0.05) is 228 Å². The summed E-state index contributed by atoms with van der Waals surface area (Å²) in [6.45, 7) is 72.2. The minimum absolute atomic E-state index is 0.00344. The fourth-order valence-corrected chi connectivity index (χ4v) is 21.6. The molecule has 0 spiro atoms. The van der Waals surface area contributed by atoms with E-state index >= 15 is 0 Å². The second kappa shape index (κ2) is 53.9. The van der Waals surface area contributed by atoms with Gasteiger partial charge in [0.2, 0.25) is 17.1 Å². The molecular formula is C104H177Cl3N6O17S2. The number of nitrogens with one attached hydrogen (secondary N) is 5. The Morgan fingerprint density at radius 2 is 0.727 bits per heavy atom. The topological polar surface area (TPSA) is 355 Å². The number of carboxylic acids is 2. The number of alkyl halides is 2. The highest BCUT2D eigenvalue weighted by Crippen LogP contribution is 2.55. The number of thiol groups is 1. The maximum atomic E-state index is 14.2. The average molecular weight is 1950 g/mol. The highest BCUT2D eigenvalue weighted by Gasteiger charge is 2.53. The summed E-state index contributed by atoms with van der Waals surface area (Å²) < 4.78 is 28.5. The van der Waals surface area contributed by atoms with Crippen molar-refractivity contribution in [2.45, 2.75) is 404 Å². The standard InChI is InChI=1S/C36H60N2O7S.C32H55ClN2O3.C23H40N2O2.C9H16Cl2O.C4H6O4S/c1-12-36(13-2,15-14-16-46-28(44-21-39)19-27(40)41)33(43)38-31-29(24(20-37-31)22(3)4)32(42)45-30-25(34(6,7)8)17-23(5)18-26(30)35(9,10)11;1-12-32(13-2,15-14-16-33)29(37)35-27-25(22(19-34-27)20(3)4)28(36)38-26-23(30(6,7)8)17-21(5)18-24(26)31(9,10)11;1-13(2)15-12-25-20(24)18(15)21(26)27-19-16(22(4,5)6)10-14(3)11-17(19)23(7,8)9;1-3-9(4-2,8(11)12)6-5-7-10;5-2-8-4(9)1-3(6)7/h20-23,25-26,28,30,37H,12-19H2,1-11H3,(H,38,43)(H,40,41);19-21,23-24,26,34H,12-18H2,1-11H3,(H,35,37);12-14,16-17,19,25H,10-11,24H2,1-9H3;3-7H2,1-2H3;2,4,9H,1H2,(H,6,7). The highest BCUT2D eigenvalue weighted by molar-refractivity contribution is 7.99. The Morgan fingerprint density at radius 3 is 0.985 bits per heavy atom. The molecule has 23 nitrogen and oxygen atoms in total. The summed E-state index contributed by atoms with van der Waals surface area (Å²) in [6, 6.07) is 0. The maximum Gasteiger partial charge on any atom is 0.342 e. The summed E-state index contributed by atoms with van der Waals surface area (Å²) in [5.74, 6) is 3.18. The lowest BCUT2D eigenvalue weighted by Crippen LogP contribution is -2.49. The van der Waals surface area contributed by atoms with E-state index in [1.54, 1.807) is 6.20 Å². The Morgan fingerprint density at radius 1 is 0.455 bits per heavy atom. The Kier molecular flexibility index (Phi) is 49.9. The molecule has 0 aromatic carbocycles. The number of anilines is 3. The second-order valence-electron chi connectivity index (χ2n) is 45.4. The third kappa shape index (κ3) is 35.8. The summed E-state index contributed by atoms with van der Waals surface area (Å²) in [5.41, 5.74) is 6.98. The van der Waals surface area contributed by atoms with Crippen LogP contribution in [0.2, 0.25) is 0 Å². The van der Waals surface area contributed by atoms with Crippen molar-refractivity contribution in [3.05, 3.63) is 52.0 Å². The first-order valence-electron chi connectivity index (χ1n) is 48.7. The summed E-state index contributed by atoms with van der Waals surface area (Å²) in [5, 5.41) is 23.1. The number of rotatable bonds is 39. The zero-order valence-electron chi connectivity index (χ0n) is 87.1. The van der Waals surface area contributed by atoms with E-state index < -0.39 is 39.6 Å². The van der Waals surface area contributed by atoms with Gasteiger partial charge in [0.05, 0.1) is 12.8 Å². The molecule has 0 aliphatic heterocycles. The van der Waals surface area contributed by atoms with Crippen LogP contribution in [0.25, 0.3) is 0 Å². The lowest BCUT2D eigenvalue weighted by molar-refractivity contribution is -0.142. The third-order valence-corrected chi connectivity index (χ3v) is 31.1. The van der Waals surface area contributed by atoms with Crippen molar-refractivity contribution in [2.75, 3.05) is 33.9 Å². The molecule has 0 radical (unpaired) electrons. The maximum absolute atomic E-state index is 14.2. The molecule has 3 aromatic heterocycles. The molecule has 3 aromatic rings. The molecule has 3 aliphatic rings. The molecule has 3 heterocycles. The van der Waals surface area contributed by atoms with Gasteiger partial charge in [0.15, 0.2) is 10.9 Å². The van der Waals surface area contributed by atoms with Crippen molar-refractivity contribution in [3.8, 4) is 0 Å². The van der Waals surface area contributed by atoms with Crippen molar-refractivity contribution in [2.24, 2.45) is 102 Å². The van der Waals surface area contributed by atoms with Gasteiger partial charge in [-0.15, -0.1) is 47.6 Å². The normalized spacial score (nSPS) is 21.5. The summed E-state index contributed by atoms with van der Waals surface area (Å²) >= 11 is 22.0. The first-order valence-corrected chi connectivity index (χ1v) is 51.7. The van der Waals surface area contributed by atoms with E-state index in [2.05, 4.69) is 216 Å². The van der Waals surface area contributed by atoms with Crippen LogP contribution in [0.4, 0.5) is 17.5 Å². The van der Waals surface area contributed by atoms with E-state index in [0.717, 1.165) is 87.3 Å². The fourth-order valence-electron chi connectivity index (χ4n) is 19.8. The zero-order chi connectivity index (χ0) is 102. The Balaban J connectivity index is 0.000000614. The lowest BCUT2D eigenvalue weighted by atomic mass is 9.59. The number of aliphatic carboxylic acids is 2. The Hall–Kier alpha value is -5.89. The van der Waals surface area contributed by atoms with E-state index in [9.17, 15) is 47.9 Å². The van der Waals surface area contributed by atoms with E-state index in [4.69, 9.17) is 69.7 Å². The number of hydrogen-bond acceptors (Lipinski definition) is 18. The van der Waals surface area contributed by atoms with Crippen molar-refractivity contribution in [3.63, 3.8) is 0 Å². The van der Waals surface area contributed by atoms with E-state index in [0.29, 0.717) is 126 Å². The molecule has 132 heavy (non-hydrogen) atoms. The van der Waals surface area contributed by atoms with Crippen molar-refractivity contribution >= 4 is 136 Å². The number of H-pyrrole nitrogens is 3. The molecule has 2 amide bonds. The van der Waals surface area contributed by atoms with Gasteiger partial charge >= 0.3 is 29.8 Å². The number of halogens is 3. The smallest absolute Gasteiger partial charge is 0.342 e. The number of nitrogens with two attached hydrogens (primary N) is 1. The van der Waals surface area contributed by atoms with Crippen LogP contribution in [-0.4, -0.2) is 132 Å². The van der Waals surface area contributed by atoms with Gasteiger partial charge in [-0.25, -0.2) is 14.4 Å². The monoisotopic (exact) mass is 1950 g/mol. The Bertz CT molecular complexity index is 4010. The first-order chi connectivity index (χ1) is 60.8. The highest BCUT2D eigenvalue weighted by atomic mass is 35.5. The van der Waals surface area contributed by atoms with Crippen molar-refractivity contribution in [1.29, 1.82) is 0 Å². The number of ether oxygens (including phenoxy) is 5. The number of carbonyl (C=O) groups excluding carboxylic acids is 8. The van der Waals surface area contributed by atoms with Crippen molar-refractivity contribution in [1.82, 2.24) is 15.0 Å². The van der Waals surface area contributed by atoms with Crippen LogP contribution in [0.1, 0.15) is 422 Å². The lowest BCUT2D eigenvalue weighted by Gasteiger charge is -2.50. The summed E-state index contributed by atoms with van der Waals surface area (Å²) in [6.07, 6.45) is 19.2. The number of amides is 2. The van der Waals surface area contributed by atoms with Crippen LogP contribution in [0.15, 0.2) is 18.6 Å². The molecule has 6 rings (SSSR count). The van der Waals surface area contributed by atoms with Gasteiger partial charge in [-0.3, -0.25) is 33.6 Å². The Labute approximate surface area is 819 Å². The number of esters is 3. The SMILES string of the molecule is CC1CC(C(C)(C)C)C(OC(=O)c2c(C(C)C)c[nH]c2N)C(C(C)(C)C)C1.CCC(CC)(CCCCl)C(=O)Cl.CCC(CC)(CCCCl)C(=O)Nc1[nH]cc(C(C)C)c1C(=O)OC1C(C(C)(C)C)CC(C)CC1C(C)(C)C.CCC(CC)(CCCSC(CC(=O)O)OC=O)C(=O)Nc1[nH]cc(C(C)C)c1C(=O)OC1C(C(C)(C)C)CC(C)CC1C(C)(C)C.O=COC(S)CC(=O)O. The fraction of sp³-hybridized carbons (Fsp3) is 0.788. The number of aromatic nitrogens is 3. The van der Waals surface area contributed by atoms with Gasteiger partial charge in [0.25, 0.3) is 12.9 Å². The van der Waals surface area contributed by atoms with E-state index in [1.165, 1.54) is 11.8 Å². The van der Waals surface area contributed by atoms with Crippen LogP contribution in [0.3, 0.4) is 0 Å². The van der Waals surface area contributed by atoms with Gasteiger partial charge in [0.1, 0.15) is 52.5 Å². The van der Waals surface area contributed by atoms with Gasteiger partial charge in [-0.05, 0) is 218 Å². The van der Waals surface area contributed by atoms with Gasteiger partial charge in [0, 0.05) is 82.1 Å². The van der Waals surface area contributed by atoms with E-state index in [1.807, 2.05) is 67.8 Å². The van der Waals surface area contributed by atoms with Crippen LogP contribution < -0.4 is 16.4 Å². The predicted molar refractivity (Wildman–Crippen MR) is 544 cm³/mol. The summed E-state index contributed by atoms with van der Waals surface area (Å²) in [7, 11) is 0. The van der Waals surface area contributed by atoms with Gasteiger partial charge < -0.3 is 65.2 Å². The molecule has 28 heteroatoms. The molecule has 3 saturated carbocycles. The van der Waals surface area contributed by atoms with E-state index in [-0.39, 0.29) is 152 Å². The van der Waals surface area contributed by atoms with Crippen LogP contribution in [-0.2, 0) is 57.2 Å². The van der Waals surface area contributed by atoms with Crippen molar-refractivity contribution < 1.29 is 81.8 Å². The minimum atomic E-state index is -1.04. The molecule has 0 bridgehead atoms. The first kappa shape index (κ1) is 122. The second-order valence-corrected chi connectivity index (χ2v) is 48.4. The minimum Gasteiger partial charge on any atom is -0.481 e. The molecule has 3 fully saturated rings. The zero-order valence-corrected chi connectivity index (χ0v) is 91.0. The number of thioether (sulfide) groups is 1. The quantitative estimate of drug-likeness (QED) is 0.00374. The molecule has 758 valence electrons. The number of carboxylic acid groups (broad SMARTS) is 2. The molecular weight excluding hydrogens is 1780 g/mol. The number of hydrogen-bond donors (Lipinski definition) is 9. The molecule has 0 saturated heterocycles.